The number of hydrogen-bond acceptors (Lipinski definition) is 4. The highest BCUT2D eigenvalue weighted by Crippen LogP contribution is 2.25. The molecule has 0 atom stereocenters. The van der Waals surface area contributed by atoms with Crippen LogP contribution in [0.25, 0.3) is 0 Å². The van der Waals surface area contributed by atoms with Gasteiger partial charge in [-0.1, -0.05) is 12.1 Å². The van der Waals surface area contributed by atoms with Gasteiger partial charge < -0.3 is 10.4 Å². The van der Waals surface area contributed by atoms with Gasteiger partial charge in [0.15, 0.2) is 0 Å². The van der Waals surface area contributed by atoms with Gasteiger partial charge in [0.1, 0.15) is 5.01 Å². The number of anilines is 1. The molecular weight excluding hydrogens is 260 g/mol. The van der Waals surface area contributed by atoms with Crippen LogP contribution < -0.4 is 5.32 Å². The van der Waals surface area contributed by atoms with Crippen molar-refractivity contribution in [3.8, 4) is 0 Å². The molecule has 4 nitrogen and oxygen atoms in total. The molecule has 2 N–H and O–H groups in total. The molecule has 100 valence electrons. The van der Waals surface area contributed by atoms with E-state index in [0.717, 1.165) is 16.3 Å². The molecule has 0 saturated carbocycles. The minimum Gasteiger partial charge on any atom is -0.481 e. The molecule has 0 saturated heterocycles. The molecule has 2 rings (SSSR count). The van der Waals surface area contributed by atoms with Gasteiger partial charge in [0.2, 0.25) is 0 Å². The molecule has 0 fully saturated rings. The fraction of sp³-hybridized carbons (Fsp3) is 0.286. The fourth-order valence-corrected chi connectivity index (χ4v) is 2.20. The summed E-state index contributed by atoms with van der Waals surface area (Å²) < 4.78 is 0. The normalized spacial score (nSPS) is 11.3. The van der Waals surface area contributed by atoms with E-state index >= 15 is 0 Å². The monoisotopic (exact) mass is 276 g/mol. The zero-order chi connectivity index (χ0) is 13.9. The van der Waals surface area contributed by atoms with Crippen LogP contribution in [0.4, 0.5) is 5.69 Å². The first-order valence-electron chi connectivity index (χ1n) is 5.96. The third kappa shape index (κ3) is 3.12. The summed E-state index contributed by atoms with van der Waals surface area (Å²) in [5, 5.41) is 15.4. The van der Waals surface area contributed by atoms with E-state index < -0.39 is 11.4 Å². The number of carboxylic acids is 1. The van der Waals surface area contributed by atoms with Crippen LogP contribution in [0.3, 0.4) is 0 Å². The molecule has 0 spiro atoms. The molecule has 0 aliphatic carbocycles. The van der Waals surface area contributed by atoms with Gasteiger partial charge in [-0.25, -0.2) is 4.98 Å². The van der Waals surface area contributed by atoms with E-state index in [2.05, 4.69) is 10.3 Å². The predicted molar refractivity (Wildman–Crippen MR) is 76.5 cm³/mol. The van der Waals surface area contributed by atoms with E-state index in [0.29, 0.717) is 6.54 Å². The summed E-state index contributed by atoms with van der Waals surface area (Å²) in [6.45, 7) is 4.08. The first-order chi connectivity index (χ1) is 9.00. The zero-order valence-corrected chi connectivity index (χ0v) is 11.7. The molecule has 19 heavy (non-hydrogen) atoms. The molecule has 0 amide bonds. The van der Waals surface area contributed by atoms with Gasteiger partial charge >= 0.3 is 5.97 Å². The largest absolute Gasteiger partial charge is 0.481 e. The molecule has 0 unspecified atom stereocenters. The minimum atomic E-state index is -0.867. The number of aliphatic carboxylic acids is 1. The molecular formula is C14H16N2O2S. The Labute approximate surface area is 116 Å². The molecule has 0 aliphatic rings. The van der Waals surface area contributed by atoms with Gasteiger partial charge in [-0.05, 0) is 31.5 Å². The summed E-state index contributed by atoms with van der Waals surface area (Å²) in [5.74, 6) is -0.823. The number of aromatic nitrogens is 1. The van der Waals surface area contributed by atoms with Crippen molar-refractivity contribution in [1.82, 2.24) is 4.98 Å². The molecule has 0 bridgehead atoms. The smallest absolute Gasteiger partial charge is 0.313 e. The highest BCUT2D eigenvalue weighted by Gasteiger charge is 2.28. The van der Waals surface area contributed by atoms with E-state index in [9.17, 15) is 4.79 Å². The van der Waals surface area contributed by atoms with Crippen molar-refractivity contribution in [2.45, 2.75) is 25.8 Å². The maximum absolute atomic E-state index is 11.2. The first-order valence-corrected chi connectivity index (χ1v) is 6.84. The van der Waals surface area contributed by atoms with Crippen LogP contribution in [0.2, 0.25) is 0 Å². The topological polar surface area (TPSA) is 62.2 Å². The van der Waals surface area contributed by atoms with Crippen molar-refractivity contribution in [2.24, 2.45) is 0 Å². The Hall–Kier alpha value is -1.88. The van der Waals surface area contributed by atoms with Crippen molar-refractivity contribution in [3.05, 3.63) is 46.4 Å². The Morgan fingerprint density at radius 2 is 2.05 bits per heavy atom. The quantitative estimate of drug-likeness (QED) is 0.880. The highest BCUT2D eigenvalue weighted by molar-refractivity contribution is 7.09. The Kier molecular flexibility index (Phi) is 3.85. The van der Waals surface area contributed by atoms with Crippen LogP contribution in [0.1, 0.15) is 24.4 Å². The van der Waals surface area contributed by atoms with Gasteiger partial charge in [-0.3, -0.25) is 4.79 Å². The SMILES string of the molecule is CC(C)(C(=O)O)c1ccc(NCc2nccs2)cc1. The number of thiazole rings is 1. The van der Waals surface area contributed by atoms with Crippen molar-refractivity contribution in [2.75, 3.05) is 5.32 Å². The molecule has 5 heteroatoms. The minimum absolute atomic E-state index is 0.680. The third-order valence-electron chi connectivity index (χ3n) is 3.07. The Morgan fingerprint density at radius 1 is 1.37 bits per heavy atom. The molecule has 2 aromatic rings. The average Bonchev–Trinajstić information content (AvgIpc) is 2.90. The lowest BCUT2D eigenvalue weighted by molar-refractivity contribution is -0.142. The number of nitrogens with zero attached hydrogens (tertiary/aromatic N) is 1. The lowest BCUT2D eigenvalue weighted by atomic mass is 9.85. The van der Waals surface area contributed by atoms with Gasteiger partial charge in [-0.15, -0.1) is 11.3 Å². The van der Waals surface area contributed by atoms with Gasteiger partial charge in [0, 0.05) is 17.3 Å². The van der Waals surface area contributed by atoms with Crippen LogP contribution in [0.5, 0.6) is 0 Å². The number of benzene rings is 1. The summed E-state index contributed by atoms with van der Waals surface area (Å²) >= 11 is 1.60. The summed E-state index contributed by atoms with van der Waals surface area (Å²) in [7, 11) is 0. The molecule has 1 heterocycles. The van der Waals surface area contributed by atoms with Crippen LogP contribution in [-0.2, 0) is 16.8 Å². The molecule has 1 aromatic carbocycles. The average molecular weight is 276 g/mol. The lowest BCUT2D eigenvalue weighted by Gasteiger charge is -2.19. The van der Waals surface area contributed by atoms with Gasteiger partial charge in [-0.2, -0.15) is 0 Å². The van der Waals surface area contributed by atoms with E-state index in [1.54, 1.807) is 31.4 Å². The summed E-state index contributed by atoms with van der Waals surface area (Å²) in [5.41, 5.74) is 0.883. The highest BCUT2D eigenvalue weighted by atomic mass is 32.1. The Bertz CT molecular complexity index is 547. The Balaban J connectivity index is 2.04. The third-order valence-corrected chi connectivity index (χ3v) is 3.85. The number of carboxylic acid groups (broad SMARTS) is 1. The zero-order valence-electron chi connectivity index (χ0n) is 10.9. The van der Waals surface area contributed by atoms with Crippen molar-refractivity contribution in [3.63, 3.8) is 0 Å². The second kappa shape index (κ2) is 5.40. The number of carbonyl (C=O) groups is 1. The van der Waals surface area contributed by atoms with Gasteiger partial charge in [0.05, 0.1) is 12.0 Å². The van der Waals surface area contributed by atoms with E-state index in [-0.39, 0.29) is 0 Å². The maximum atomic E-state index is 11.2. The van der Waals surface area contributed by atoms with Crippen LogP contribution in [0.15, 0.2) is 35.8 Å². The summed E-state index contributed by atoms with van der Waals surface area (Å²) in [4.78, 5) is 15.4. The lowest BCUT2D eigenvalue weighted by Crippen LogP contribution is -2.28. The second-order valence-corrected chi connectivity index (χ2v) is 5.77. The number of nitrogens with one attached hydrogen (secondary N) is 1. The van der Waals surface area contributed by atoms with E-state index in [1.807, 2.05) is 29.6 Å². The van der Waals surface area contributed by atoms with Crippen molar-refractivity contribution >= 4 is 23.0 Å². The van der Waals surface area contributed by atoms with E-state index in [1.165, 1.54) is 0 Å². The summed E-state index contributed by atoms with van der Waals surface area (Å²) in [6, 6.07) is 7.48. The molecule has 0 radical (unpaired) electrons. The van der Waals surface area contributed by atoms with E-state index in [4.69, 9.17) is 5.11 Å². The van der Waals surface area contributed by atoms with Crippen molar-refractivity contribution < 1.29 is 9.90 Å². The van der Waals surface area contributed by atoms with Gasteiger partial charge in [0.25, 0.3) is 0 Å². The second-order valence-electron chi connectivity index (χ2n) is 4.79. The van der Waals surface area contributed by atoms with Crippen molar-refractivity contribution in [1.29, 1.82) is 0 Å². The van der Waals surface area contributed by atoms with Crippen LogP contribution in [-0.4, -0.2) is 16.1 Å². The maximum Gasteiger partial charge on any atom is 0.313 e. The molecule has 1 aromatic heterocycles. The summed E-state index contributed by atoms with van der Waals surface area (Å²) in [6.07, 6.45) is 1.78. The predicted octanol–water partition coefficient (Wildman–Crippen LogP) is 3.12. The first kappa shape index (κ1) is 13.5. The number of rotatable bonds is 5. The standard InChI is InChI=1S/C14H16N2O2S/c1-14(2,13(17)18)10-3-5-11(6-4-10)16-9-12-15-7-8-19-12/h3-8,16H,9H2,1-2H3,(H,17,18). The molecule has 0 aliphatic heterocycles. The number of hydrogen-bond donors (Lipinski definition) is 2. The van der Waals surface area contributed by atoms with Crippen LogP contribution in [0, 0.1) is 0 Å². The fourth-order valence-electron chi connectivity index (χ4n) is 1.65. The Morgan fingerprint density at radius 3 is 2.58 bits per heavy atom. The van der Waals surface area contributed by atoms with Crippen LogP contribution >= 0.6 is 11.3 Å².